The third kappa shape index (κ3) is 4.87. The zero-order valence-electron chi connectivity index (χ0n) is 25.6. The van der Waals surface area contributed by atoms with Crippen molar-refractivity contribution in [3.8, 4) is 16.9 Å². The van der Waals surface area contributed by atoms with Crippen molar-refractivity contribution in [1.82, 2.24) is 33.6 Å². The van der Waals surface area contributed by atoms with Gasteiger partial charge in [-0.2, -0.15) is 5.10 Å². The molecule has 1 aliphatic carbocycles. The van der Waals surface area contributed by atoms with Gasteiger partial charge in [-0.25, -0.2) is 19.1 Å². The summed E-state index contributed by atoms with van der Waals surface area (Å²) < 4.78 is 9.94. The number of hydrogen-bond acceptors (Lipinski definition) is 10. The zero-order valence-corrected chi connectivity index (χ0v) is 25.6. The molecule has 0 amide bonds. The van der Waals surface area contributed by atoms with E-state index in [0.717, 1.165) is 75.6 Å². The molecule has 5 aromatic rings. The van der Waals surface area contributed by atoms with Gasteiger partial charge in [0.2, 0.25) is 0 Å². The number of aromatic nitrogens is 6. The summed E-state index contributed by atoms with van der Waals surface area (Å²) in [7, 11) is 1.68. The van der Waals surface area contributed by atoms with Gasteiger partial charge in [-0.05, 0) is 60.7 Å². The average molecular weight is 622 g/mol. The maximum absolute atomic E-state index is 13.6. The number of hydrogen-bond donors (Lipinski definition) is 2. The van der Waals surface area contributed by atoms with Crippen molar-refractivity contribution in [2.75, 3.05) is 49.6 Å². The highest BCUT2D eigenvalue weighted by molar-refractivity contribution is 5.73. The number of aliphatic hydroxyl groups is 1. The molecule has 8 rings (SSSR count). The summed E-state index contributed by atoms with van der Waals surface area (Å²) in [6.07, 6.45) is 9.49. The fourth-order valence-electron chi connectivity index (χ4n) is 6.86. The van der Waals surface area contributed by atoms with Crippen molar-refractivity contribution < 1.29 is 9.84 Å². The van der Waals surface area contributed by atoms with Crippen LogP contribution in [0.3, 0.4) is 0 Å². The Kier molecular flexibility index (Phi) is 7.15. The molecule has 3 aliphatic rings. The molecule has 0 bridgehead atoms. The molecule has 2 fully saturated rings. The zero-order chi connectivity index (χ0) is 31.4. The number of nitrogens with one attached hydrogen (secondary N) is 1. The van der Waals surface area contributed by atoms with E-state index in [4.69, 9.17) is 4.74 Å². The molecule has 13 heteroatoms. The van der Waals surface area contributed by atoms with Gasteiger partial charge in [0, 0.05) is 62.4 Å². The van der Waals surface area contributed by atoms with Crippen molar-refractivity contribution in [3.63, 3.8) is 0 Å². The minimum Gasteiger partial charge on any atom is -0.392 e. The predicted octanol–water partition coefficient (Wildman–Crippen LogP) is 1.89. The van der Waals surface area contributed by atoms with Crippen molar-refractivity contribution in [1.29, 1.82) is 0 Å². The molecule has 0 aromatic carbocycles. The van der Waals surface area contributed by atoms with Crippen molar-refractivity contribution >= 4 is 22.7 Å². The summed E-state index contributed by atoms with van der Waals surface area (Å²) in [6.45, 7) is 5.14. The first kappa shape index (κ1) is 28.6. The molecule has 46 heavy (non-hydrogen) atoms. The van der Waals surface area contributed by atoms with Gasteiger partial charge in [-0.3, -0.25) is 14.5 Å². The normalized spacial score (nSPS) is 17.0. The lowest BCUT2D eigenvalue weighted by Gasteiger charge is -2.43. The number of piperazine rings is 1. The summed E-state index contributed by atoms with van der Waals surface area (Å²) in [5, 5.41) is 18.3. The molecular formula is C33H35N9O4. The Morgan fingerprint density at radius 3 is 2.61 bits per heavy atom. The molecule has 0 radical (unpaired) electrons. The van der Waals surface area contributed by atoms with E-state index < -0.39 is 0 Å². The molecule has 0 saturated carbocycles. The Labute approximate surface area is 264 Å². The first-order chi connectivity index (χ1) is 22.5. The van der Waals surface area contributed by atoms with E-state index in [9.17, 15) is 14.7 Å². The van der Waals surface area contributed by atoms with Crippen LogP contribution in [0.2, 0.25) is 0 Å². The number of rotatable bonds is 7. The summed E-state index contributed by atoms with van der Waals surface area (Å²) in [6, 6.07) is 9.87. The SMILES string of the molecule is Cn1cc(-c2ccnc(-n3cnn4c5c(cc4c3=O)CCC5)c2CO)cc(Nc2ccc(N3CCN(C4COC4)CC3)cn2)c1=O. The third-order valence-corrected chi connectivity index (χ3v) is 9.49. The van der Waals surface area contributed by atoms with Gasteiger partial charge < -0.3 is 24.6 Å². The predicted molar refractivity (Wildman–Crippen MR) is 173 cm³/mol. The molecule has 7 heterocycles. The Bertz CT molecular complexity index is 2060. The minimum atomic E-state index is -0.370. The Morgan fingerprint density at radius 1 is 1.02 bits per heavy atom. The van der Waals surface area contributed by atoms with Gasteiger partial charge >= 0.3 is 0 Å². The van der Waals surface area contributed by atoms with Crippen LogP contribution >= 0.6 is 0 Å². The molecule has 2 saturated heterocycles. The van der Waals surface area contributed by atoms with Gasteiger partial charge in [0.15, 0.2) is 0 Å². The van der Waals surface area contributed by atoms with E-state index in [1.54, 1.807) is 36.1 Å². The van der Waals surface area contributed by atoms with Crippen LogP contribution in [0, 0.1) is 0 Å². The molecule has 236 valence electrons. The van der Waals surface area contributed by atoms with E-state index in [1.165, 1.54) is 15.5 Å². The summed E-state index contributed by atoms with van der Waals surface area (Å²) in [5.41, 5.74) is 5.39. The maximum Gasteiger partial charge on any atom is 0.283 e. The lowest BCUT2D eigenvalue weighted by molar-refractivity contribution is -0.0660. The largest absolute Gasteiger partial charge is 0.392 e. The van der Waals surface area contributed by atoms with E-state index in [-0.39, 0.29) is 17.7 Å². The highest BCUT2D eigenvalue weighted by atomic mass is 16.5. The Morgan fingerprint density at radius 2 is 1.87 bits per heavy atom. The molecule has 0 spiro atoms. The van der Waals surface area contributed by atoms with E-state index in [0.29, 0.717) is 45.6 Å². The first-order valence-electron chi connectivity index (χ1n) is 15.7. The molecule has 13 nitrogen and oxygen atoms in total. The van der Waals surface area contributed by atoms with Gasteiger partial charge in [0.05, 0.1) is 37.7 Å². The molecule has 0 unspecified atom stereocenters. The van der Waals surface area contributed by atoms with Crippen LogP contribution in [0.5, 0.6) is 0 Å². The van der Waals surface area contributed by atoms with Crippen molar-refractivity contribution in [2.24, 2.45) is 7.05 Å². The third-order valence-electron chi connectivity index (χ3n) is 9.49. The molecule has 5 aromatic heterocycles. The molecule has 0 atom stereocenters. The van der Waals surface area contributed by atoms with Crippen LogP contribution in [0.1, 0.15) is 23.2 Å². The fourth-order valence-corrected chi connectivity index (χ4v) is 6.86. The molecule has 2 aliphatic heterocycles. The topological polar surface area (TPSA) is 135 Å². The lowest BCUT2D eigenvalue weighted by atomic mass is 10.0. The number of nitrogens with zero attached hydrogens (tertiary/aromatic N) is 8. The number of aliphatic hydroxyl groups excluding tert-OH is 1. The number of ether oxygens (including phenoxy) is 1. The van der Waals surface area contributed by atoms with Gasteiger partial charge in [0.1, 0.15) is 29.2 Å². The van der Waals surface area contributed by atoms with E-state index in [2.05, 4.69) is 30.2 Å². The van der Waals surface area contributed by atoms with Crippen LogP contribution in [0.25, 0.3) is 22.5 Å². The van der Waals surface area contributed by atoms with Crippen molar-refractivity contribution in [2.45, 2.75) is 31.9 Å². The van der Waals surface area contributed by atoms with E-state index in [1.807, 2.05) is 24.4 Å². The second kappa shape index (κ2) is 11.5. The second-order valence-electron chi connectivity index (χ2n) is 12.2. The lowest BCUT2D eigenvalue weighted by Crippen LogP contribution is -2.56. The summed E-state index contributed by atoms with van der Waals surface area (Å²) in [5.74, 6) is 0.843. The number of fused-ring (bicyclic) bond motifs is 3. The monoisotopic (exact) mass is 621 g/mol. The van der Waals surface area contributed by atoms with Crippen LogP contribution in [0.4, 0.5) is 17.2 Å². The van der Waals surface area contributed by atoms with Gasteiger partial charge in [0.25, 0.3) is 11.1 Å². The quantitative estimate of drug-likeness (QED) is 0.277. The van der Waals surface area contributed by atoms with Crippen LogP contribution < -0.4 is 21.3 Å². The maximum atomic E-state index is 13.6. The number of aryl methyl sites for hydroxylation is 3. The fraction of sp³-hybridized carbons (Fsp3) is 0.364. The van der Waals surface area contributed by atoms with Gasteiger partial charge in [-0.1, -0.05) is 0 Å². The van der Waals surface area contributed by atoms with E-state index >= 15 is 0 Å². The summed E-state index contributed by atoms with van der Waals surface area (Å²) in [4.78, 5) is 40.7. The van der Waals surface area contributed by atoms with Crippen LogP contribution in [-0.4, -0.2) is 84.2 Å². The Hall–Kier alpha value is -4.85. The van der Waals surface area contributed by atoms with Crippen molar-refractivity contribution in [3.05, 3.63) is 92.8 Å². The summed E-state index contributed by atoms with van der Waals surface area (Å²) >= 11 is 0. The van der Waals surface area contributed by atoms with Crippen LogP contribution in [0.15, 0.2) is 64.8 Å². The number of pyridine rings is 3. The average Bonchev–Trinajstić information content (AvgIpc) is 3.66. The molecular weight excluding hydrogens is 586 g/mol. The highest BCUT2D eigenvalue weighted by Crippen LogP contribution is 2.29. The Balaban J connectivity index is 1.07. The molecule has 2 N–H and O–H groups in total. The van der Waals surface area contributed by atoms with Gasteiger partial charge in [-0.15, -0.1) is 0 Å². The smallest absolute Gasteiger partial charge is 0.283 e. The first-order valence-corrected chi connectivity index (χ1v) is 15.7. The standard InChI is InChI=1S/C33H35N9O4/c1-38-16-22(13-27(32(38)44)37-30-6-5-23(15-35-30)39-9-11-40(12-10-39)24-18-46-19-24)25-7-8-34-31(26(25)17-43)41-20-36-42-28-4-2-3-21(28)14-29(42)33(41)45/h5-8,13-16,20,24,43H,2-4,9-12,17-19H2,1H3,(H,35,37). The number of anilines is 3. The minimum absolute atomic E-state index is 0.224. The second-order valence-corrected chi connectivity index (χ2v) is 12.2. The highest BCUT2D eigenvalue weighted by Gasteiger charge is 2.29. The van der Waals surface area contributed by atoms with Crippen LogP contribution in [-0.2, 0) is 31.2 Å².